The van der Waals surface area contributed by atoms with Gasteiger partial charge in [-0.15, -0.1) is 0 Å². The molecule has 0 amide bonds. The Hall–Kier alpha value is -2.46. The molecule has 2 unspecified atom stereocenters. The average molecular weight is 388 g/mol. The van der Waals surface area contributed by atoms with E-state index in [9.17, 15) is 18.7 Å². The molecule has 0 saturated heterocycles. The molecule has 0 aliphatic carbocycles. The molecular weight excluding hydrogens is 367 g/mol. The molecule has 2 atom stereocenters. The number of allylic oxidation sites excluding steroid dienone is 3. The van der Waals surface area contributed by atoms with Crippen molar-refractivity contribution in [1.29, 1.82) is 5.26 Å². The van der Waals surface area contributed by atoms with Crippen molar-refractivity contribution in [2.75, 3.05) is 5.75 Å². The molecular formula is C20H21FN2O3S. The highest BCUT2D eigenvalue weighted by atomic mass is 32.2. The summed E-state index contributed by atoms with van der Waals surface area (Å²) in [5.41, 5.74) is 0.222. The number of esters is 1. The maximum absolute atomic E-state index is 13.8. The first-order valence-electron chi connectivity index (χ1n) is 8.53. The molecule has 0 bridgehead atoms. The number of dihydropyridines is 1. The molecule has 0 aromatic heterocycles. The fourth-order valence-corrected chi connectivity index (χ4v) is 5.53. The highest BCUT2D eigenvalue weighted by molar-refractivity contribution is 7.85. The van der Waals surface area contributed by atoms with Crippen molar-refractivity contribution in [2.24, 2.45) is 0 Å². The van der Waals surface area contributed by atoms with E-state index in [0.717, 1.165) is 0 Å². The summed E-state index contributed by atoms with van der Waals surface area (Å²) in [4.78, 5) is 13.4. The minimum absolute atomic E-state index is 0.000381. The molecule has 0 saturated carbocycles. The fraction of sp³-hybridized carbons (Fsp3) is 0.400. The van der Waals surface area contributed by atoms with Gasteiger partial charge in [0.15, 0.2) is 0 Å². The molecule has 1 N–H and O–H groups in total. The molecule has 0 fully saturated rings. The maximum Gasteiger partial charge on any atom is 0.337 e. The molecule has 7 heteroatoms. The molecule has 1 spiro atoms. The Morgan fingerprint density at radius 2 is 2.00 bits per heavy atom. The first kappa shape index (κ1) is 19.3. The third-order valence-corrected chi connectivity index (χ3v) is 6.21. The fourth-order valence-electron chi connectivity index (χ4n) is 3.81. The Bertz CT molecular complexity index is 982. The first-order chi connectivity index (χ1) is 12.5. The third kappa shape index (κ3) is 2.98. The van der Waals surface area contributed by atoms with E-state index in [1.165, 1.54) is 18.2 Å². The number of nitrogens with zero attached hydrogens (tertiary/aromatic N) is 1. The lowest BCUT2D eigenvalue weighted by Crippen LogP contribution is -2.44. The van der Waals surface area contributed by atoms with Gasteiger partial charge < -0.3 is 10.1 Å². The number of hydrogen-bond acceptors (Lipinski definition) is 5. The molecule has 2 aliphatic heterocycles. The summed E-state index contributed by atoms with van der Waals surface area (Å²) in [6.07, 6.45) is 0. The maximum atomic E-state index is 13.8. The van der Waals surface area contributed by atoms with E-state index in [2.05, 4.69) is 11.4 Å². The van der Waals surface area contributed by atoms with Gasteiger partial charge in [-0.1, -0.05) is 6.07 Å². The Labute approximate surface area is 160 Å². The molecule has 1 aromatic rings. The van der Waals surface area contributed by atoms with Crippen LogP contribution in [0.3, 0.4) is 0 Å². The SMILES string of the molecule is CC1=C(C#N)C2(CS(=O)c3cc(F)ccc32)C(C(=O)OC(C)(C)C)=C(C)N1. The zero-order chi connectivity index (χ0) is 20.1. The van der Waals surface area contributed by atoms with Crippen molar-refractivity contribution >= 4 is 16.8 Å². The van der Waals surface area contributed by atoms with E-state index in [1.54, 1.807) is 34.6 Å². The molecule has 3 rings (SSSR count). The van der Waals surface area contributed by atoms with Gasteiger partial charge in [0, 0.05) is 22.0 Å². The number of carbonyl (C=O) groups is 1. The molecule has 27 heavy (non-hydrogen) atoms. The summed E-state index contributed by atoms with van der Waals surface area (Å²) in [5.74, 6) is -1.09. The number of nitriles is 1. The van der Waals surface area contributed by atoms with Gasteiger partial charge in [0.2, 0.25) is 0 Å². The summed E-state index contributed by atoms with van der Waals surface area (Å²) in [6.45, 7) is 8.73. The Morgan fingerprint density at radius 3 is 2.59 bits per heavy atom. The second kappa shape index (κ2) is 6.31. The van der Waals surface area contributed by atoms with Gasteiger partial charge in [0.25, 0.3) is 0 Å². The number of rotatable bonds is 1. The molecule has 1 aromatic carbocycles. The van der Waals surface area contributed by atoms with Crippen LogP contribution in [-0.4, -0.2) is 21.5 Å². The third-order valence-electron chi connectivity index (χ3n) is 4.69. The minimum atomic E-state index is -1.55. The van der Waals surface area contributed by atoms with Crippen LogP contribution in [0.2, 0.25) is 0 Å². The van der Waals surface area contributed by atoms with Crippen LogP contribution < -0.4 is 5.32 Å². The van der Waals surface area contributed by atoms with E-state index in [1.807, 2.05) is 0 Å². The van der Waals surface area contributed by atoms with E-state index in [0.29, 0.717) is 27.4 Å². The van der Waals surface area contributed by atoms with Gasteiger partial charge in [-0.05, 0) is 52.3 Å². The summed E-state index contributed by atoms with van der Waals surface area (Å²) in [6, 6.07) is 6.17. The predicted octanol–water partition coefficient (Wildman–Crippen LogP) is 3.20. The van der Waals surface area contributed by atoms with Crippen LogP contribution in [0.25, 0.3) is 0 Å². The van der Waals surface area contributed by atoms with Gasteiger partial charge in [-0.3, -0.25) is 4.21 Å². The van der Waals surface area contributed by atoms with Crippen molar-refractivity contribution < 1.29 is 18.1 Å². The van der Waals surface area contributed by atoms with E-state index >= 15 is 0 Å². The van der Waals surface area contributed by atoms with Crippen LogP contribution in [0.15, 0.2) is 45.6 Å². The number of ether oxygens (including phenoxy) is 1. The second-order valence-corrected chi connectivity index (χ2v) is 9.19. The van der Waals surface area contributed by atoms with Crippen molar-refractivity contribution in [2.45, 2.75) is 50.5 Å². The smallest absolute Gasteiger partial charge is 0.337 e. The van der Waals surface area contributed by atoms with Crippen molar-refractivity contribution in [3.63, 3.8) is 0 Å². The lowest BCUT2D eigenvalue weighted by atomic mass is 9.67. The zero-order valence-electron chi connectivity index (χ0n) is 15.9. The summed E-state index contributed by atoms with van der Waals surface area (Å²) in [7, 11) is -1.55. The Kier molecular flexibility index (Phi) is 4.51. The average Bonchev–Trinajstić information content (AvgIpc) is 2.78. The number of carbonyl (C=O) groups excluding carboxylic acids is 1. The van der Waals surface area contributed by atoms with Crippen LogP contribution in [0, 0.1) is 17.1 Å². The molecule has 2 heterocycles. The topological polar surface area (TPSA) is 79.2 Å². The van der Waals surface area contributed by atoms with Crippen LogP contribution in [0.5, 0.6) is 0 Å². The first-order valence-corrected chi connectivity index (χ1v) is 9.84. The Morgan fingerprint density at radius 1 is 1.33 bits per heavy atom. The monoisotopic (exact) mass is 388 g/mol. The molecule has 5 nitrogen and oxygen atoms in total. The number of hydrogen-bond donors (Lipinski definition) is 1. The predicted molar refractivity (Wildman–Crippen MR) is 99.3 cm³/mol. The molecule has 142 valence electrons. The van der Waals surface area contributed by atoms with E-state index in [4.69, 9.17) is 4.74 Å². The van der Waals surface area contributed by atoms with Crippen molar-refractivity contribution in [3.8, 4) is 6.07 Å². The lowest BCUT2D eigenvalue weighted by molar-refractivity contribution is -0.150. The normalized spacial score (nSPS) is 24.6. The largest absolute Gasteiger partial charge is 0.457 e. The van der Waals surface area contributed by atoms with E-state index < -0.39 is 33.6 Å². The highest BCUT2D eigenvalue weighted by Gasteiger charge is 2.55. The number of benzene rings is 1. The van der Waals surface area contributed by atoms with Crippen molar-refractivity contribution in [1.82, 2.24) is 5.32 Å². The van der Waals surface area contributed by atoms with Gasteiger partial charge in [-0.2, -0.15) is 5.26 Å². The molecule has 0 radical (unpaired) electrons. The van der Waals surface area contributed by atoms with Crippen LogP contribution in [-0.2, 0) is 25.7 Å². The molecule has 2 aliphatic rings. The standard InChI is InChI=1S/C20H21FN2O3S/c1-11-15(9-22)20(10-27(25)16-8-13(21)6-7-14(16)20)17(12(2)23-11)18(24)26-19(3,4)5/h6-8,23H,10H2,1-5H3. The van der Waals surface area contributed by atoms with Gasteiger partial charge in [-0.25, -0.2) is 9.18 Å². The Balaban J connectivity index is 2.32. The van der Waals surface area contributed by atoms with Gasteiger partial charge in [0.1, 0.15) is 11.4 Å². The van der Waals surface area contributed by atoms with Gasteiger partial charge in [0.05, 0.1) is 33.4 Å². The number of fused-ring (bicyclic) bond motifs is 2. The zero-order valence-corrected chi connectivity index (χ0v) is 16.7. The minimum Gasteiger partial charge on any atom is -0.457 e. The summed E-state index contributed by atoms with van der Waals surface area (Å²) < 4.78 is 32.2. The van der Waals surface area contributed by atoms with Gasteiger partial charge >= 0.3 is 5.97 Å². The lowest BCUT2D eigenvalue weighted by Gasteiger charge is -2.38. The summed E-state index contributed by atoms with van der Waals surface area (Å²) >= 11 is 0. The van der Waals surface area contributed by atoms with Crippen molar-refractivity contribution in [3.05, 3.63) is 52.1 Å². The second-order valence-electron chi connectivity index (χ2n) is 7.77. The van der Waals surface area contributed by atoms with Crippen LogP contribution in [0.1, 0.15) is 40.2 Å². The number of nitrogens with one attached hydrogen (secondary N) is 1. The highest BCUT2D eigenvalue weighted by Crippen LogP contribution is 2.51. The van der Waals surface area contributed by atoms with E-state index in [-0.39, 0.29) is 11.3 Å². The quantitative estimate of drug-likeness (QED) is 0.748. The number of halogens is 1. The van der Waals surface area contributed by atoms with Crippen LogP contribution >= 0.6 is 0 Å². The van der Waals surface area contributed by atoms with Crippen LogP contribution in [0.4, 0.5) is 4.39 Å². The summed E-state index contributed by atoms with van der Waals surface area (Å²) in [5, 5.41) is 12.9.